The van der Waals surface area contributed by atoms with Gasteiger partial charge in [-0.1, -0.05) is 32.0 Å². The number of nitrogens with one attached hydrogen (secondary N) is 2. The third kappa shape index (κ3) is 4.85. The Kier molecular flexibility index (Phi) is 6.81. The molecule has 23 heavy (non-hydrogen) atoms. The second kappa shape index (κ2) is 8.59. The minimum absolute atomic E-state index is 0.175. The molecule has 0 saturated heterocycles. The van der Waals surface area contributed by atoms with Crippen LogP contribution in [0.1, 0.15) is 31.9 Å². The molecule has 122 valence electrons. The fourth-order valence-electron chi connectivity index (χ4n) is 2.01. The Morgan fingerprint density at radius 3 is 2.30 bits per heavy atom. The monoisotopic (exact) mass is 315 g/mol. The van der Waals surface area contributed by atoms with Crippen molar-refractivity contribution in [2.45, 2.75) is 39.7 Å². The van der Waals surface area contributed by atoms with Crippen molar-refractivity contribution in [2.24, 2.45) is 0 Å². The zero-order chi connectivity index (χ0) is 17.4. The topological polar surface area (TPSA) is 102 Å². The minimum Gasteiger partial charge on any atom is -0.480 e. The summed E-state index contributed by atoms with van der Waals surface area (Å²) in [5.74, 6) is -1.63. The molecule has 0 fully saturated rings. The molecule has 0 aliphatic rings. The van der Waals surface area contributed by atoms with Gasteiger partial charge in [0, 0.05) is 11.9 Å². The zero-order valence-corrected chi connectivity index (χ0v) is 13.5. The van der Waals surface area contributed by atoms with Crippen molar-refractivity contribution in [2.75, 3.05) is 5.32 Å². The molecule has 0 aliphatic heterocycles. The number of hydrogen-bond acceptors (Lipinski definition) is 4. The lowest BCUT2D eigenvalue weighted by Crippen LogP contribution is -2.30. The van der Waals surface area contributed by atoms with Crippen LogP contribution in [0.3, 0.4) is 0 Å². The van der Waals surface area contributed by atoms with Gasteiger partial charge >= 0.3 is 5.97 Å². The molecule has 1 aromatic carbocycles. The normalized spacial score (nSPS) is 12.2. The van der Waals surface area contributed by atoms with Gasteiger partial charge in [-0.05, 0) is 30.9 Å². The molecule has 0 saturated carbocycles. The molecular weight excluding hydrogens is 294 g/mol. The number of hydrogen-bond donors (Lipinski definition) is 3. The highest BCUT2D eigenvalue weighted by atomic mass is 16.4. The van der Waals surface area contributed by atoms with Gasteiger partial charge in [0.2, 0.25) is 0 Å². The van der Waals surface area contributed by atoms with Gasteiger partial charge in [0.25, 0.3) is 5.91 Å². The average Bonchev–Trinajstić information content (AvgIpc) is 2.55. The van der Waals surface area contributed by atoms with Crippen LogP contribution in [0.5, 0.6) is 0 Å². The fourth-order valence-corrected chi connectivity index (χ4v) is 2.01. The van der Waals surface area contributed by atoms with E-state index in [9.17, 15) is 9.59 Å². The molecule has 6 nitrogen and oxygen atoms in total. The van der Waals surface area contributed by atoms with Gasteiger partial charge in [0.15, 0.2) is 0 Å². The summed E-state index contributed by atoms with van der Waals surface area (Å²) in [5, 5.41) is 23.2. The number of para-hydroxylation sites is 1. The summed E-state index contributed by atoms with van der Waals surface area (Å²) in [7, 11) is 0. The molecule has 6 heteroatoms. The van der Waals surface area contributed by atoms with Crippen molar-refractivity contribution in [1.82, 2.24) is 5.32 Å². The maximum absolute atomic E-state index is 12.3. The van der Waals surface area contributed by atoms with E-state index in [2.05, 4.69) is 10.6 Å². The number of rotatable bonds is 7. The number of carbonyl (C=O) groups excluding carboxylic acids is 1. The third-order valence-electron chi connectivity index (χ3n) is 3.45. The Morgan fingerprint density at radius 2 is 1.87 bits per heavy atom. The molecule has 1 atom stereocenters. The van der Waals surface area contributed by atoms with Gasteiger partial charge in [-0.25, -0.2) is 0 Å². The number of nitrogens with zero attached hydrogens (tertiary/aromatic N) is 1. The first kappa shape index (κ1) is 18.2. The number of carboxylic acids is 1. The van der Waals surface area contributed by atoms with Crippen LogP contribution in [-0.4, -0.2) is 23.0 Å². The van der Waals surface area contributed by atoms with E-state index in [4.69, 9.17) is 10.4 Å². The molecule has 1 aromatic rings. The van der Waals surface area contributed by atoms with Crippen molar-refractivity contribution in [3.05, 3.63) is 41.1 Å². The van der Waals surface area contributed by atoms with Crippen molar-refractivity contribution in [3.63, 3.8) is 0 Å². The summed E-state index contributed by atoms with van der Waals surface area (Å²) in [6.45, 7) is 5.40. The Labute approximate surface area is 135 Å². The Hall–Kier alpha value is -2.81. The van der Waals surface area contributed by atoms with Gasteiger partial charge in [-0.2, -0.15) is 5.26 Å². The van der Waals surface area contributed by atoms with Gasteiger partial charge < -0.3 is 15.7 Å². The second-order valence-corrected chi connectivity index (χ2v) is 5.01. The van der Waals surface area contributed by atoms with Crippen molar-refractivity contribution < 1.29 is 14.7 Å². The zero-order valence-electron chi connectivity index (χ0n) is 13.5. The number of aliphatic carboxylic acids is 1. The van der Waals surface area contributed by atoms with E-state index in [0.29, 0.717) is 0 Å². The molecular formula is C17H21N3O3. The van der Waals surface area contributed by atoms with Crippen molar-refractivity contribution in [1.29, 1.82) is 5.26 Å². The van der Waals surface area contributed by atoms with Crippen LogP contribution in [0, 0.1) is 11.3 Å². The Morgan fingerprint density at radius 1 is 1.30 bits per heavy atom. The molecule has 1 unspecified atom stereocenters. The van der Waals surface area contributed by atoms with Crippen LogP contribution in [0.4, 0.5) is 5.69 Å². The third-order valence-corrected chi connectivity index (χ3v) is 3.45. The van der Waals surface area contributed by atoms with Crippen LogP contribution in [0.25, 0.3) is 0 Å². The summed E-state index contributed by atoms with van der Waals surface area (Å²) in [6, 6.07) is 6.68. The minimum atomic E-state index is -1.07. The molecule has 0 spiro atoms. The van der Waals surface area contributed by atoms with E-state index in [1.807, 2.05) is 32.0 Å². The lowest BCUT2D eigenvalue weighted by Gasteiger charge is -2.14. The fraction of sp³-hybridized carbons (Fsp3) is 0.353. The first-order valence-electron chi connectivity index (χ1n) is 7.45. The molecule has 1 amide bonds. The highest BCUT2D eigenvalue weighted by Gasteiger charge is 2.15. The first-order chi connectivity index (χ1) is 10.9. The maximum atomic E-state index is 12.3. The van der Waals surface area contributed by atoms with E-state index >= 15 is 0 Å². The van der Waals surface area contributed by atoms with Gasteiger partial charge in [0.1, 0.15) is 17.7 Å². The van der Waals surface area contributed by atoms with Gasteiger partial charge in [-0.15, -0.1) is 0 Å². The number of benzene rings is 1. The van der Waals surface area contributed by atoms with Crippen LogP contribution in [-0.2, 0) is 22.4 Å². The second-order valence-electron chi connectivity index (χ2n) is 5.01. The van der Waals surface area contributed by atoms with E-state index in [1.54, 1.807) is 6.07 Å². The smallest absolute Gasteiger partial charge is 0.325 e. The lowest BCUT2D eigenvalue weighted by atomic mass is 10.0. The molecule has 0 bridgehead atoms. The number of nitriles is 1. The Bertz CT molecular complexity index is 637. The summed E-state index contributed by atoms with van der Waals surface area (Å²) in [5.41, 5.74) is 2.52. The summed E-state index contributed by atoms with van der Waals surface area (Å²) in [6.07, 6.45) is 2.64. The van der Waals surface area contributed by atoms with Crippen molar-refractivity contribution in [3.8, 4) is 6.07 Å². The molecule has 1 rings (SSSR count). The molecule has 0 radical (unpaired) electrons. The highest BCUT2D eigenvalue weighted by molar-refractivity contribution is 6.07. The van der Waals surface area contributed by atoms with Crippen molar-refractivity contribution >= 4 is 17.6 Å². The van der Waals surface area contributed by atoms with Crippen LogP contribution < -0.4 is 10.6 Å². The quantitative estimate of drug-likeness (QED) is 0.529. The number of anilines is 1. The van der Waals surface area contributed by atoms with Crippen LogP contribution >= 0.6 is 0 Å². The number of aryl methyl sites for hydroxylation is 2. The number of carboxylic acid groups (broad SMARTS) is 1. The molecule has 0 aromatic heterocycles. The van der Waals surface area contributed by atoms with E-state index in [0.717, 1.165) is 35.9 Å². The standard InChI is InChI=1S/C17H21N3O3/c1-4-12-7-6-8-13(5-2)15(12)20-16(21)14(9-18)10-19-11(3)17(22)23/h6-8,10-11,19H,4-5H2,1-3H3,(H,20,21)(H,22,23)/b14-10-. The predicted molar refractivity (Wildman–Crippen MR) is 87.8 cm³/mol. The number of amides is 1. The average molecular weight is 315 g/mol. The SMILES string of the molecule is CCc1cccc(CC)c1NC(=O)/C(C#N)=C\NC(C)C(=O)O. The summed E-state index contributed by atoms with van der Waals surface area (Å²) in [4.78, 5) is 23.0. The van der Waals surface area contributed by atoms with Gasteiger partial charge in [0.05, 0.1) is 0 Å². The van der Waals surface area contributed by atoms with E-state index in [1.165, 1.54) is 6.92 Å². The lowest BCUT2D eigenvalue weighted by molar-refractivity contribution is -0.138. The first-order valence-corrected chi connectivity index (χ1v) is 7.45. The highest BCUT2D eigenvalue weighted by Crippen LogP contribution is 2.23. The molecule has 0 heterocycles. The van der Waals surface area contributed by atoms with Crippen LogP contribution in [0.15, 0.2) is 30.0 Å². The predicted octanol–water partition coefficient (Wildman–Crippen LogP) is 2.22. The largest absolute Gasteiger partial charge is 0.480 e. The van der Waals surface area contributed by atoms with Gasteiger partial charge in [-0.3, -0.25) is 9.59 Å². The number of carbonyl (C=O) groups is 2. The van der Waals surface area contributed by atoms with E-state index in [-0.39, 0.29) is 5.57 Å². The molecule has 0 aliphatic carbocycles. The summed E-state index contributed by atoms with van der Waals surface area (Å²) >= 11 is 0. The van der Waals surface area contributed by atoms with E-state index < -0.39 is 17.9 Å². The summed E-state index contributed by atoms with van der Waals surface area (Å²) < 4.78 is 0. The molecule has 3 N–H and O–H groups in total. The Balaban J connectivity index is 3.00. The van der Waals surface area contributed by atoms with Crippen LogP contribution in [0.2, 0.25) is 0 Å². The maximum Gasteiger partial charge on any atom is 0.325 e.